The largest absolute Gasteiger partial charge is 0.268 e. The number of rotatable bonds is 2. The van der Waals surface area contributed by atoms with Crippen molar-refractivity contribution in [2.45, 2.75) is 37.6 Å². The highest BCUT2D eigenvalue weighted by atomic mass is 79.9. The van der Waals surface area contributed by atoms with Gasteiger partial charge in [0.15, 0.2) is 0 Å². The second-order valence-corrected chi connectivity index (χ2v) is 6.75. The molecule has 3 rings (SSSR count). The van der Waals surface area contributed by atoms with Gasteiger partial charge in [-0.25, -0.2) is 4.68 Å². The molecule has 0 N–H and O–H groups in total. The fourth-order valence-electron chi connectivity index (χ4n) is 3.08. The van der Waals surface area contributed by atoms with Gasteiger partial charge in [0.1, 0.15) is 4.60 Å². The van der Waals surface area contributed by atoms with Gasteiger partial charge in [-0.3, -0.25) is 4.79 Å². The van der Waals surface area contributed by atoms with E-state index >= 15 is 0 Å². The van der Waals surface area contributed by atoms with Crippen LogP contribution in [-0.2, 0) is 0 Å². The van der Waals surface area contributed by atoms with Crippen LogP contribution in [0.25, 0.3) is 0 Å². The van der Waals surface area contributed by atoms with E-state index in [1.54, 1.807) is 16.8 Å². The van der Waals surface area contributed by atoms with Crippen LogP contribution < -0.4 is 5.56 Å². The van der Waals surface area contributed by atoms with Crippen LogP contribution in [0.4, 0.5) is 0 Å². The highest BCUT2D eigenvalue weighted by molar-refractivity contribution is 9.10. The Bertz CT molecular complexity index is 693. The topological polar surface area (TPSA) is 34.9 Å². The van der Waals surface area contributed by atoms with E-state index < -0.39 is 0 Å². The zero-order valence-electron chi connectivity index (χ0n) is 11.5. The molecule has 3 nitrogen and oxygen atoms in total. The van der Waals surface area contributed by atoms with Crippen molar-refractivity contribution in [1.29, 1.82) is 0 Å². The number of hydrogen-bond donors (Lipinski definition) is 0. The van der Waals surface area contributed by atoms with Crippen LogP contribution in [0.15, 0.2) is 45.8 Å². The Morgan fingerprint density at radius 1 is 1.14 bits per heavy atom. The molecule has 1 fully saturated rings. The van der Waals surface area contributed by atoms with Crippen LogP contribution >= 0.6 is 27.5 Å². The van der Waals surface area contributed by atoms with Crippen molar-refractivity contribution in [3.05, 3.63) is 61.9 Å². The van der Waals surface area contributed by atoms with Gasteiger partial charge < -0.3 is 0 Å². The van der Waals surface area contributed by atoms with Crippen molar-refractivity contribution in [2.75, 3.05) is 0 Å². The van der Waals surface area contributed by atoms with Gasteiger partial charge in [0, 0.05) is 11.1 Å². The van der Waals surface area contributed by atoms with Gasteiger partial charge in [0.05, 0.1) is 6.04 Å². The smallest absolute Gasteiger partial charge is 0.267 e. The van der Waals surface area contributed by atoms with E-state index in [4.69, 9.17) is 11.6 Å². The molecule has 0 radical (unpaired) electrons. The molecule has 0 bridgehead atoms. The Kier molecular flexibility index (Phi) is 4.45. The van der Waals surface area contributed by atoms with Crippen molar-refractivity contribution in [2.24, 2.45) is 0 Å². The minimum atomic E-state index is -0.0237. The molecule has 1 aromatic heterocycles. The second-order valence-electron chi connectivity index (χ2n) is 5.50. The normalized spacial score (nSPS) is 22.2. The zero-order chi connectivity index (χ0) is 14.8. The molecular formula is C16H16BrClN2O. The Labute approximate surface area is 137 Å². The fraction of sp³-hybridized carbons (Fsp3) is 0.375. The molecule has 0 spiro atoms. The summed E-state index contributed by atoms with van der Waals surface area (Å²) in [5.41, 5.74) is 1.28. The maximum absolute atomic E-state index is 11.9. The first-order valence-corrected chi connectivity index (χ1v) is 8.31. The Balaban J connectivity index is 1.73. The number of halogens is 2. The molecule has 0 amide bonds. The second kappa shape index (κ2) is 6.32. The van der Waals surface area contributed by atoms with Crippen molar-refractivity contribution in [1.82, 2.24) is 9.78 Å². The van der Waals surface area contributed by atoms with Crippen molar-refractivity contribution < 1.29 is 0 Å². The van der Waals surface area contributed by atoms with Crippen LogP contribution in [0.2, 0.25) is 5.02 Å². The first-order chi connectivity index (χ1) is 10.1. The number of nitrogens with zero attached hydrogens (tertiary/aromatic N) is 2. The van der Waals surface area contributed by atoms with Crippen molar-refractivity contribution >= 4 is 27.5 Å². The summed E-state index contributed by atoms with van der Waals surface area (Å²) in [6, 6.07) is 11.6. The molecule has 21 heavy (non-hydrogen) atoms. The molecule has 1 aromatic carbocycles. The lowest BCUT2D eigenvalue weighted by Gasteiger charge is -2.29. The van der Waals surface area contributed by atoms with Gasteiger partial charge in [0.25, 0.3) is 5.56 Å². The summed E-state index contributed by atoms with van der Waals surface area (Å²) in [6.07, 6.45) is 4.07. The van der Waals surface area contributed by atoms with E-state index in [1.807, 2.05) is 12.1 Å². The number of aromatic nitrogens is 2. The quantitative estimate of drug-likeness (QED) is 0.780. The first kappa shape index (κ1) is 14.8. The molecule has 5 heteroatoms. The van der Waals surface area contributed by atoms with Crippen LogP contribution in [0.1, 0.15) is 43.2 Å². The van der Waals surface area contributed by atoms with Crippen molar-refractivity contribution in [3.63, 3.8) is 0 Å². The molecule has 1 aliphatic carbocycles. The lowest BCUT2D eigenvalue weighted by atomic mass is 9.82. The molecule has 2 aromatic rings. The van der Waals surface area contributed by atoms with Gasteiger partial charge in [-0.2, -0.15) is 5.10 Å². The molecule has 110 valence electrons. The lowest BCUT2D eigenvalue weighted by molar-refractivity contribution is 0.293. The highest BCUT2D eigenvalue weighted by Crippen LogP contribution is 2.37. The zero-order valence-corrected chi connectivity index (χ0v) is 13.8. The Hall–Kier alpha value is -1.13. The average Bonchev–Trinajstić information content (AvgIpc) is 2.50. The predicted octanol–water partition coefficient (Wildman–Crippen LogP) is 4.56. The van der Waals surface area contributed by atoms with Crippen LogP contribution in [0.3, 0.4) is 0 Å². The molecule has 1 saturated carbocycles. The molecule has 0 atom stereocenters. The molecule has 1 aliphatic rings. The molecular weight excluding hydrogens is 352 g/mol. The van der Waals surface area contributed by atoms with E-state index in [9.17, 15) is 4.79 Å². The predicted molar refractivity (Wildman–Crippen MR) is 87.9 cm³/mol. The summed E-state index contributed by atoms with van der Waals surface area (Å²) < 4.78 is 2.33. The Morgan fingerprint density at radius 2 is 1.90 bits per heavy atom. The Morgan fingerprint density at radius 3 is 2.62 bits per heavy atom. The standard InChI is InChI=1S/C16H16BrClN2O/c17-15-8-9-16(21)20(19-15)14-6-4-11(5-7-14)12-2-1-3-13(18)10-12/h1-3,8-11,14H,4-7H2. The molecule has 0 aliphatic heterocycles. The van der Waals surface area contributed by atoms with E-state index in [1.165, 1.54) is 5.56 Å². The summed E-state index contributed by atoms with van der Waals surface area (Å²) >= 11 is 9.40. The van der Waals surface area contributed by atoms with E-state index in [2.05, 4.69) is 33.2 Å². The summed E-state index contributed by atoms with van der Waals surface area (Å²) in [5, 5.41) is 5.10. The van der Waals surface area contributed by atoms with Gasteiger partial charge in [-0.05, 0) is 71.3 Å². The lowest BCUT2D eigenvalue weighted by Crippen LogP contribution is -2.29. The van der Waals surface area contributed by atoms with Crippen LogP contribution in [0, 0.1) is 0 Å². The van der Waals surface area contributed by atoms with Gasteiger partial charge in [-0.1, -0.05) is 23.7 Å². The molecule has 0 saturated heterocycles. The first-order valence-electron chi connectivity index (χ1n) is 7.14. The summed E-state index contributed by atoms with van der Waals surface area (Å²) in [6.45, 7) is 0. The fourth-order valence-corrected chi connectivity index (χ4v) is 3.58. The van der Waals surface area contributed by atoms with Crippen LogP contribution in [0.5, 0.6) is 0 Å². The van der Waals surface area contributed by atoms with E-state index in [0.717, 1.165) is 30.7 Å². The molecule has 1 heterocycles. The monoisotopic (exact) mass is 366 g/mol. The third kappa shape index (κ3) is 3.38. The summed E-state index contributed by atoms with van der Waals surface area (Å²) in [4.78, 5) is 11.9. The van der Waals surface area contributed by atoms with Gasteiger partial charge in [0.2, 0.25) is 0 Å². The molecule has 0 unspecified atom stereocenters. The number of hydrogen-bond acceptors (Lipinski definition) is 2. The van der Waals surface area contributed by atoms with Crippen LogP contribution in [-0.4, -0.2) is 9.78 Å². The van der Waals surface area contributed by atoms with Crippen molar-refractivity contribution in [3.8, 4) is 0 Å². The third-order valence-corrected chi connectivity index (χ3v) is 4.81. The maximum atomic E-state index is 11.9. The van der Waals surface area contributed by atoms with Gasteiger partial charge >= 0.3 is 0 Å². The summed E-state index contributed by atoms with van der Waals surface area (Å²) in [5.74, 6) is 0.530. The minimum Gasteiger partial charge on any atom is -0.268 e. The highest BCUT2D eigenvalue weighted by Gasteiger charge is 2.24. The SMILES string of the molecule is O=c1ccc(Br)nn1C1CCC(c2cccc(Cl)c2)CC1. The number of benzene rings is 1. The maximum Gasteiger partial charge on any atom is 0.267 e. The minimum absolute atomic E-state index is 0.0237. The van der Waals surface area contributed by atoms with E-state index in [-0.39, 0.29) is 11.6 Å². The summed E-state index contributed by atoms with van der Waals surface area (Å²) in [7, 11) is 0. The van der Waals surface area contributed by atoms with Gasteiger partial charge in [-0.15, -0.1) is 0 Å². The van der Waals surface area contributed by atoms with E-state index in [0.29, 0.717) is 10.5 Å². The third-order valence-electron chi connectivity index (χ3n) is 4.16. The average molecular weight is 368 g/mol.